The van der Waals surface area contributed by atoms with Gasteiger partial charge in [-0.3, -0.25) is 0 Å². The monoisotopic (exact) mass is 247 g/mol. The van der Waals surface area contributed by atoms with Crippen LogP contribution in [0.3, 0.4) is 0 Å². The van der Waals surface area contributed by atoms with Gasteiger partial charge in [0.1, 0.15) is 11.7 Å². The van der Waals surface area contributed by atoms with Gasteiger partial charge in [0.2, 0.25) is 0 Å². The molecule has 1 aromatic rings. The summed E-state index contributed by atoms with van der Waals surface area (Å²) in [6.45, 7) is 0.493. The van der Waals surface area contributed by atoms with E-state index in [0.717, 1.165) is 12.1 Å². The average Bonchev–Trinajstić information content (AvgIpc) is 2.29. The fraction of sp³-hybridized carbons (Fsp3) is 0.300. The number of hydrogen-bond acceptors (Lipinski definition) is 3. The van der Waals surface area contributed by atoms with Gasteiger partial charge in [-0.05, 0) is 12.1 Å². The van der Waals surface area contributed by atoms with Crippen LogP contribution in [-0.4, -0.2) is 17.4 Å². The van der Waals surface area contributed by atoms with Gasteiger partial charge in [0.25, 0.3) is 0 Å². The van der Waals surface area contributed by atoms with Crippen LogP contribution in [0.15, 0.2) is 29.4 Å². The third-order valence-electron chi connectivity index (χ3n) is 2.00. The van der Waals surface area contributed by atoms with E-state index >= 15 is 0 Å². The first-order chi connectivity index (χ1) is 7.57. The molecule has 86 valence electrons. The maximum atomic E-state index is 12.5. The van der Waals surface area contributed by atoms with Crippen molar-refractivity contribution < 1.29 is 18.0 Å². The Morgan fingerprint density at radius 1 is 1.31 bits per heavy atom. The highest BCUT2D eigenvalue weighted by molar-refractivity contribution is 8.14. The van der Waals surface area contributed by atoms with Crippen molar-refractivity contribution in [2.45, 2.75) is 6.18 Å². The van der Waals surface area contributed by atoms with E-state index < -0.39 is 11.7 Å². The van der Waals surface area contributed by atoms with Gasteiger partial charge in [-0.1, -0.05) is 29.1 Å². The Balaban J connectivity index is 2.32. The highest BCUT2D eigenvalue weighted by Gasteiger charge is 2.30. The van der Waals surface area contributed by atoms with E-state index in [9.17, 15) is 13.2 Å². The first-order valence-electron chi connectivity index (χ1n) is 4.58. The second-order valence-corrected chi connectivity index (χ2v) is 4.24. The zero-order chi connectivity index (χ0) is 11.6. The molecule has 0 unspecified atom stereocenters. The number of nitrogens with zero attached hydrogens (tertiary/aromatic N) is 1. The van der Waals surface area contributed by atoms with Crippen molar-refractivity contribution in [3.63, 3.8) is 0 Å². The predicted molar refractivity (Wildman–Crippen MR) is 56.4 cm³/mol. The minimum atomic E-state index is -4.32. The van der Waals surface area contributed by atoms with Gasteiger partial charge in [0, 0.05) is 11.3 Å². The summed E-state index contributed by atoms with van der Waals surface area (Å²) in [6, 6.07) is 5.09. The fourth-order valence-electron chi connectivity index (χ4n) is 1.27. The molecule has 16 heavy (non-hydrogen) atoms. The number of alkyl halides is 3. The second-order valence-electron chi connectivity index (χ2n) is 3.16. The van der Waals surface area contributed by atoms with Crippen LogP contribution < -0.4 is 0 Å². The number of thioether (sulfide) groups is 1. The maximum absolute atomic E-state index is 12.5. The Hall–Kier alpha value is -1.17. The maximum Gasteiger partial charge on any atom is 0.416 e. The molecule has 0 amide bonds. The molecule has 0 bridgehead atoms. The van der Waals surface area contributed by atoms with Gasteiger partial charge in [0.05, 0.1) is 5.56 Å². The zero-order valence-electron chi connectivity index (χ0n) is 8.12. The van der Waals surface area contributed by atoms with Crippen LogP contribution in [0.1, 0.15) is 11.1 Å². The molecular formula is C10H8F3NOS. The van der Waals surface area contributed by atoms with Crippen LogP contribution in [0.4, 0.5) is 13.2 Å². The van der Waals surface area contributed by atoms with Gasteiger partial charge < -0.3 is 4.84 Å². The van der Waals surface area contributed by atoms with E-state index in [-0.39, 0.29) is 0 Å². The summed E-state index contributed by atoms with van der Waals surface area (Å²) in [5, 5.41) is 4.23. The number of oxime groups is 1. The molecule has 0 radical (unpaired) electrons. The van der Waals surface area contributed by atoms with Gasteiger partial charge in [0.15, 0.2) is 0 Å². The third kappa shape index (κ3) is 2.49. The highest BCUT2D eigenvalue weighted by atomic mass is 32.2. The van der Waals surface area contributed by atoms with E-state index in [4.69, 9.17) is 4.84 Å². The summed E-state index contributed by atoms with van der Waals surface area (Å²) < 4.78 is 37.4. The first kappa shape index (κ1) is 11.3. The van der Waals surface area contributed by atoms with E-state index in [2.05, 4.69) is 5.16 Å². The Kier molecular flexibility index (Phi) is 3.09. The molecular weight excluding hydrogens is 239 g/mol. The van der Waals surface area contributed by atoms with Crippen molar-refractivity contribution in [2.24, 2.45) is 5.16 Å². The number of rotatable bonds is 1. The van der Waals surface area contributed by atoms with Crippen molar-refractivity contribution in [3.8, 4) is 0 Å². The molecule has 1 aliphatic heterocycles. The third-order valence-corrected chi connectivity index (χ3v) is 2.95. The molecule has 1 aromatic carbocycles. The summed E-state index contributed by atoms with van der Waals surface area (Å²) in [4.78, 5) is 4.85. The summed E-state index contributed by atoms with van der Waals surface area (Å²) in [5.74, 6) is 0.703. The quantitative estimate of drug-likeness (QED) is 0.760. The largest absolute Gasteiger partial charge is 0.416 e. The molecule has 1 heterocycles. The fourth-order valence-corrected chi connectivity index (χ4v) is 2.02. The van der Waals surface area contributed by atoms with Crippen LogP contribution >= 0.6 is 11.8 Å². The molecule has 0 spiro atoms. The van der Waals surface area contributed by atoms with E-state index in [1.165, 1.54) is 17.8 Å². The lowest BCUT2D eigenvalue weighted by Crippen LogP contribution is -2.10. The minimum absolute atomic E-state index is 0.444. The summed E-state index contributed by atoms with van der Waals surface area (Å²) in [6.07, 6.45) is -4.32. The second kappa shape index (κ2) is 4.37. The SMILES string of the molecule is FC(F)(F)c1cccc(C2=NOCCS2)c1. The van der Waals surface area contributed by atoms with Gasteiger partial charge >= 0.3 is 6.18 Å². The Morgan fingerprint density at radius 3 is 2.75 bits per heavy atom. The Morgan fingerprint density at radius 2 is 2.12 bits per heavy atom. The molecule has 0 fully saturated rings. The number of halogens is 3. The molecule has 6 heteroatoms. The zero-order valence-corrected chi connectivity index (χ0v) is 8.94. The van der Waals surface area contributed by atoms with Gasteiger partial charge in [-0.25, -0.2) is 0 Å². The topological polar surface area (TPSA) is 21.6 Å². The van der Waals surface area contributed by atoms with Crippen molar-refractivity contribution in [1.29, 1.82) is 0 Å². The van der Waals surface area contributed by atoms with E-state index in [0.29, 0.717) is 23.0 Å². The Bertz CT molecular complexity index is 417. The summed E-state index contributed by atoms with van der Waals surface area (Å²) in [7, 11) is 0. The van der Waals surface area contributed by atoms with Crippen LogP contribution in [-0.2, 0) is 11.0 Å². The molecule has 0 aliphatic carbocycles. The highest BCUT2D eigenvalue weighted by Crippen LogP contribution is 2.30. The summed E-state index contributed by atoms with van der Waals surface area (Å²) in [5.41, 5.74) is -0.224. The number of benzene rings is 1. The van der Waals surface area contributed by atoms with Gasteiger partial charge in [-0.15, -0.1) is 0 Å². The lowest BCUT2D eigenvalue weighted by molar-refractivity contribution is -0.137. The van der Waals surface area contributed by atoms with Crippen molar-refractivity contribution >= 4 is 16.8 Å². The molecule has 0 saturated heterocycles. The van der Waals surface area contributed by atoms with Crippen molar-refractivity contribution in [1.82, 2.24) is 0 Å². The predicted octanol–water partition coefficient (Wildman–Crippen LogP) is 3.13. The lowest BCUT2D eigenvalue weighted by Gasteiger charge is -2.13. The molecule has 0 aromatic heterocycles. The van der Waals surface area contributed by atoms with Crippen molar-refractivity contribution in [2.75, 3.05) is 12.4 Å². The van der Waals surface area contributed by atoms with Crippen LogP contribution in [0, 0.1) is 0 Å². The number of hydrogen-bond donors (Lipinski definition) is 0. The molecule has 2 nitrogen and oxygen atoms in total. The van der Waals surface area contributed by atoms with E-state index in [1.54, 1.807) is 6.07 Å². The Labute approximate surface area is 94.5 Å². The molecule has 0 saturated carbocycles. The summed E-state index contributed by atoms with van der Waals surface area (Å²) >= 11 is 1.39. The molecule has 2 rings (SSSR count). The molecule has 0 atom stereocenters. The van der Waals surface area contributed by atoms with Crippen LogP contribution in [0.2, 0.25) is 0 Å². The van der Waals surface area contributed by atoms with Crippen LogP contribution in [0.5, 0.6) is 0 Å². The average molecular weight is 247 g/mol. The lowest BCUT2D eigenvalue weighted by atomic mass is 10.1. The minimum Gasteiger partial charge on any atom is -0.394 e. The van der Waals surface area contributed by atoms with Gasteiger partial charge in [-0.2, -0.15) is 13.2 Å². The normalized spacial score (nSPS) is 16.6. The first-order valence-corrected chi connectivity index (χ1v) is 5.56. The smallest absolute Gasteiger partial charge is 0.394 e. The molecule has 1 aliphatic rings. The van der Waals surface area contributed by atoms with Crippen LogP contribution in [0.25, 0.3) is 0 Å². The van der Waals surface area contributed by atoms with Crippen molar-refractivity contribution in [3.05, 3.63) is 35.4 Å². The van der Waals surface area contributed by atoms with E-state index in [1.807, 2.05) is 0 Å². The standard InChI is InChI=1S/C10H8F3NOS/c11-10(12,13)8-3-1-2-7(6-8)9-14-15-4-5-16-9/h1-3,6H,4-5H2. The molecule has 0 N–H and O–H groups in total.